The topological polar surface area (TPSA) is 135 Å². The molecule has 4 aromatic heterocycles. The molecule has 1 amide bonds. The summed E-state index contributed by atoms with van der Waals surface area (Å²) in [4.78, 5) is 39.4. The molecule has 1 saturated heterocycles. The van der Waals surface area contributed by atoms with Crippen LogP contribution in [0.5, 0.6) is 11.5 Å². The van der Waals surface area contributed by atoms with E-state index in [1.807, 2.05) is 23.1 Å². The highest BCUT2D eigenvalue weighted by Crippen LogP contribution is 2.51. The van der Waals surface area contributed by atoms with Gasteiger partial charge in [0.2, 0.25) is 0 Å². The van der Waals surface area contributed by atoms with E-state index in [9.17, 15) is 14.0 Å². The number of carbonyl (C=O) groups is 1. The first-order valence-electron chi connectivity index (χ1n) is 17.1. The van der Waals surface area contributed by atoms with Crippen LogP contribution >= 0.6 is 11.3 Å². The first-order chi connectivity index (χ1) is 24.9. The molecule has 11 nitrogen and oxygen atoms in total. The largest absolute Gasteiger partial charge is 0.496 e. The number of ether oxygens (including phenoxy) is 2. The predicted molar refractivity (Wildman–Crippen MR) is 188 cm³/mol. The highest BCUT2D eigenvalue weighted by Gasteiger charge is 2.45. The number of nitrogens with one attached hydrogen (secondary N) is 2. The predicted octanol–water partition coefficient (Wildman–Crippen LogP) is 6.96. The van der Waals surface area contributed by atoms with Crippen molar-refractivity contribution in [1.29, 1.82) is 0 Å². The van der Waals surface area contributed by atoms with Crippen LogP contribution in [-0.2, 0) is 12.8 Å². The normalized spacial score (nSPS) is 20.0. The van der Waals surface area contributed by atoms with Crippen LogP contribution in [0.4, 0.5) is 10.2 Å². The zero-order valence-corrected chi connectivity index (χ0v) is 28.3. The Labute approximate surface area is 294 Å². The summed E-state index contributed by atoms with van der Waals surface area (Å²) in [5.41, 5.74) is 6.30. The summed E-state index contributed by atoms with van der Waals surface area (Å²) in [5.74, 6) is 0.909. The van der Waals surface area contributed by atoms with Gasteiger partial charge in [-0.25, -0.2) is 19.3 Å². The van der Waals surface area contributed by atoms with Gasteiger partial charge in [-0.2, -0.15) is 0 Å². The van der Waals surface area contributed by atoms with Crippen LogP contribution in [0.3, 0.4) is 0 Å². The molecular weight excluding hydrogens is 672 g/mol. The molecule has 3 aliphatic heterocycles. The third-order valence-electron chi connectivity index (χ3n) is 10.7. The zero-order valence-electron chi connectivity index (χ0n) is 27.5. The summed E-state index contributed by atoms with van der Waals surface area (Å²) in [6.45, 7) is 0.986. The molecule has 0 spiro atoms. The molecule has 4 aliphatic rings. The van der Waals surface area contributed by atoms with Crippen LogP contribution in [0.2, 0.25) is 0 Å². The lowest BCUT2D eigenvalue weighted by Gasteiger charge is -2.18. The minimum absolute atomic E-state index is 0.0585. The number of hydrogen-bond donors (Lipinski definition) is 2. The van der Waals surface area contributed by atoms with E-state index in [0.29, 0.717) is 47.7 Å². The number of aromatic amines is 1. The monoisotopic (exact) mass is 702 g/mol. The maximum atomic E-state index is 14.3. The van der Waals surface area contributed by atoms with Crippen LogP contribution < -0.4 is 20.5 Å². The summed E-state index contributed by atoms with van der Waals surface area (Å²) in [5, 5.41) is 11.4. The molecule has 2 aromatic carbocycles. The molecule has 3 atom stereocenters. The zero-order chi connectivity index (χ0) is 34.4. The Morgan fingerprint density at radius 3 is 2.88 bits per heavy atom. The molecule has 0 radical (unpaired) electrons. The molecule has 1 fully saturated rings. The quantitative estimate of drug-likeness (QED) is 0.181. The van der Waals surface area contributed by atoms with Gasteiger partial charge >= 0.3 is 5.76 Å². The number of H-pyrrole nitrogens is 1. The molecule has 6 aromatic rings. The molecule has 7 heterocycles. The maximum absolute atomic E-state index is 14.3. The minimum Gasteiger partial charge on any atom is -0.496 e. The van der Waals surface area contributed by atoms with Gasteiger partial charge in [0, 0.05) is 47.2 Å². The van der Waals surface area contributed by atoms with Crippen LogP contribution in [0.25, 0.3) is 32.0 Å². The van der Waals surface area contributed by atoms with Gasteiger partial charge in [-0.15, -0.1) is 16.4 Å². The number of anilines is 1. The molecule has 10 rings (SSSR count). The molecule has 13 heteroatoms. The minimum atomic E-state index is -0.708. The van der Waals surface area contributed by atoms with Crippen molar-refractivity contribution in [2.45, 2.75) is 50.1 Å². The third-order valence-corrected chi connectivity index (χ3v) is 11.9. The van der Waals surface area contributed by atoms with E-state index in [2.05, 4.69) is 27.6 Å². The summed E-state index contributed by atoms with van der Waals surface area (Å²) in [6.07, 6.45) is 5.71. The number of thiophene rings is 1. The highest BCUT2D eigenvalue weighted by molar-refractivity contribution is 7.23. The van der Waals surface area contributed by atoms with E-state index in [0.717, 1.165) is 63.5 Å². The Kier molecular flexibility index (Phi) is 6.82. The van der Waals surface area contributed by atoms with Crippen molar-refractivity contribution in [1.82, 2.24) is 25.1 Å². The standard InChI is InChI=1S/C38H31FN6O5S/c1-48-27-6-2-4-22-23(27)9-10-24(22)42-35-34-18(11-12-40-35)15-29(51-34)31-30(36-43-44-38(47)50-36)25(14-19-17-49-28-16-20(39)7-8-21(19)28)41-33-26-5-3-13-45(26)37(46)32(31)33/h2,4,6-8,11-12,15-16,19,24,26H,3,5,9-10,13-14,17H2,1H3,(H,40,42)(H,44,47)/t19-,24+,26+/m1/s1. The van der Waals surface area contributed by atoms with Crippen molar-refractivity contribution in [2.24, 2.45) is 0 Å². The van der Waals surface area contributed by atoms with Gasteiger partial charge in [0.05, 0.1) is 53.0 Å². The molecule has 2 N–H and O–H groups in total. The molecule has 51 heavy (non-hydrogen) atoms. The third kappa shape index (κ3) is 4.70. The Bertz CT molecular complexity index is 2470. The SMILES string of the molecule is COc1cccc2c1CC[C@@H]2Nc1nccc2cc(-c3c4c(nc(C[C@@H]5COc6cc(F)ccc65)c3-c3n[nH]c(=O)o3)[C@@H]3CCCN3C4=O)sc12. The van der Waals surface area contributed by atoms with Gasteiger partial charge in [-0.05, 0) is 66.5 Å². The molecule has 256 valence electrons. The van der Waals surface area contributed by atoms with Gasteiger partial charge < -0.3 is 24.1 Å². The molecule has 0 saturated carbocycles. The van der Waals surface area contributed by atoms with Gasteiger partial charge in [0.1, 0.15) is 23.1 Å². The van der Waals surface area contributed by atoms with Crippen LogP contribution in [0, 0.1) is 5.82 Å². The van der Waals surface area contributed by atoms with E-state index in [-0.39, 0.29) is 35.6 Å². The fraction of sp³-hybridized carbons (Fsp3) is 0.289. The Balaban J connectivity index is 1.15. The summed E-state index contributed by atoms with van der Waals surface area (Å²) in [6, 6.07) is 14.7. The fourth-order valence-corrected chi connectivity index (χ4v) is 9.65. The number of amides is 1. The lowest BCUT2D eigenvalue weighted by molar-refractivity contribution is 0.0776. The summed E-state index contributed by atoms with van der Waals surface area (Å²) in [7, 11) is 1.70. The summed E-state index contributed by atoms with van der Waals surface area (Å²) < 4.78 is 32.2. The van der Waals surface area contributed by atoms with Gasteiger partial charge in [-0.1, -0.05) is 18.2 Å². The second-order valence-electron chi connectivity index (χ2n) is 13.5. The second kappa shape index (κ2) is 11.5. The van der Waals surface area contributed by atoms with Crippen LogP contribution in [0.1, 0.15) is 75.7 Å². The molecule has 1 aliphatic carbocycles. The number of carbonyl (C=O) groups excluding carboxylic acids is 1. The van der Waals surface area contributed by atoms with Crippen molar-refractivity contribution in [3.8, 4) is 33.4 Å². The lowest BCUT2D eigenvalue weighted by atomic mass is 9.89. The number of nitrogens with zero attached hydrogens (tertiary/aromatic N) is 4. The second-order valence-corrected chi connectivity index (χ2v) is 14.5. The Morgan fingerprint density at radius 2 is 2.02 bits per heavy atom. The van der Waals surface area contributed by atoms with E-state index < -0.39 is 5.76 Å². The van der Waals surface area contributed by atoms with E-state index in [1.165, 1.54) is 34.6 Å². The van der Waals surface area contributed by atoms with E-state index >= 15 is 0 Å². The Hall–Kier alpha value is -5.56. The number of rotatable bonds is 7. The molecular formula is C38H31FN6O5S. The van der Waals surface area contributed by atoms with E-state index in [1.54, 1.807) is 19.4 Å². The number of fused-ring (bicyclic) bond motifs is 6. The number of methoxy groups -OCH3 is 1. The van der Waals surface area contributed by atoms with Crippen molar-refractivity contribution in [3.63, 3.8) is 0 Å². The van der Waals surface area contributed by atoms with Gasteiger partial charge in [0.25, 0.3) is 11.8 Å². The number of benzene rings is 2. The average molecular weight is 703 g/mol. The average Bonchev–Trinajstić information content (AvgIpc) is 3.99. The Morgan fingerprint density at radius 1 is 1.10 bits per heavy atom. The number of halogens is 1. The lowest BCUT2D eigenvalue weighted by Crippen LogP contribution is -2.22. The van der Waals surface area contributed by atoms with Gasteiger partial charge in [0.15, 0.2) is 0 Å². The van der Waals surface area contributed by atoms with Crippen LogP contribution in [-0.4, -0.2) is 51.2 Å². The highest BCUT2D eigenvalue weighted by atomic mass is 32.1. The number of aromatic nitrogens is 4. The molecule has 0 bridgehead atoms. The van der Waals surface area contributed by atoms with Crippen molar-refractivity contribution >= 4 is 33.1 Å². The molecule has 0 unspecified atom stereocenters. The number of hydrogen-bond acceptors (Lipinski definition) is 10. The van der Waals surface area contributed by atoms with Crippen LogP contribution in [0.15, 0.2) is 63.9 Å². The van der Waals surface area contributed by atoms with Crippen molar-refractivity contribution < 1.29 is 23.1 Å². The summed E-state index contributed by atoms with van der Waals surface area (Å²) >= 11 is 1.53. The van der Waals surface area contributed by atoms with Crippen molar-refractivity contribution in [3.05, 3.63) is 105 Å². The van der Waals surface area contributed by atoms with E-state index in [4.69, 9.17) is 23.9 Å². The fourth-order valence-electron chi connectivity index (χ4n) is 8.48. The number of pyridine rings is 2. The van der Waals surface area contributed by atoms with Gasteiger partial charge in [-0.3, -0.25) is 9.78 Å². The smallest absolute Gasteiger partial charge is 0.434 e. The first-order valence-corrected chi connectivity index (χ1v) is 17.9. The maximum Gasteiger partial charge on any atom is 0.434 e. The van der Waals surface area contributed by atoms with Crippen molar-refractivity contribution in [2.75, 3.05) is 25.6 Å². The first kappa shape index (κ1) is 30.3.